The second-order valence-electron chi connectivity index (χ2n) is 7.07. The molecule has 0 radical (unpaired) electrons. The Morgan fingerprint density at radius 2 is 2.12 bits per heavy atom. The van der Waals surface area contributed by atoms with E-state index >= 15 is 0 Å². The lowest BCUT2D eigenvalue weighted by Gasteiger charge is -2.20. The summed E-state index contributed by atoms with van der Waals surface area (Å²) in [7, 11) is 0. The highest BCUT2D eigenvalue weighted by Crippen LogP contribution is 2.34. The van der Waals surface area contributed by atoms with E-state index in [1.165, 1.54) is 0 Å². The van der Waals surface area contributed by atoms with Crippen molar-refractivity contribution in [3.05, 3.63) is 35.5 Å². The number of allylic oxidation sites excluding steroid dienone is 2. The molecule has 0 bridgehead atoms. The average Bonchev–Trinajstić information content (AvgIpc) is 2.88. The van der Waals surface area contributed by atoms with Crippen LogP contribution in [0.4, 0.5) is 0 Å². The van der Waals surface area contributed by atoms with Gasteiger partial charge in [-0.2, -0.15) is 0 Å². The van der Waals surface area contributed by atoms with E-state index in [4.69, 9.17) is 9.47 Å². The Bertz CT molecular complexity index is 616. The first-order chi connectivity index (χ1) is 12.3. The summed E-state index contributed by atoms with van der Waals surface area (Å²) in [4.78, 5) is 23.8. The normalized spacial score (nSPS) is 30.2. The van der Waals surface area contributed by atoms with Crippen LogP contribution in [-0.4, -0.2) is 47.6 Å². The number of ether oxygens (including phenoxy) is 2. The van der Waals surface area contributed by atoms with Crippen molar-refractivity contribution < 1.29 is 29.3 Å². The van der Waals surface area contributed by atoms with E-state index in [0.717, 1.165) is 11.1 Å². The van der Waals surface area contributed by atoms with Gasteiger partial charge in [0.2, 0.25) is 0 Å². The number of carbonyl (C=O) groups excluding carboxylic acids is 2. The first-order valence-electron chi connectivity index (χ1n) is 9.04. The fourth-order valence-electron chi connectivity index (χ4n) is 3.10. The van der Waals surface area contributed by atoms with E-state index in [0.29, 0.717) is 31.3 Å². The molecule has 1 saturated heterocycles. The summed E-state index contributed by atoms with van der Waals surface area (Å²) in [5.41, 5.74) is 2.23. The molecule has 0 spiro atoms. The summed E-state index contributed by atoms with van der Waals surface area (Å²) >= 11 is 0. The average molecular weight is 364 g/mol. The van der Waals surface area contributed by atoms with Gasteiger partial charge >= 0.3 is 11.9 Å². The molecule has 0 aromatic rings. The number of hydrogen-bond donors (Lipinski definition) is 2. The summed E-state index contributed by atoms with van der Waals surface area (Å²) in [6, 6.07) is 0. The van der Waals surface area contributed by atoms with Gasteiger partial charge < -0.3 is 19.7 Å². The summed E-state index contributed by atoms with van der Waals surface area (Å²) in [5, 5.41) is 19.0. The van der Waals surface area contributed by atoms with Gasteiger partial charge in [-0.15, -0.1) is 0 Å². The number of esters is 2. The summed E-state index contributed by atoms with van der Waals surface area (Å²) in [5.74, 6) is -1.55. The highest BCUT2D eigenvalue weighted by molar-refractivity contribution is 5.90. The van der Waals surface area contributed by atoms with Crippen molar-refractivity contribution in [2.75, 3.05) is 13.2 Å². The Labute approximate surface area is 154 Å². The van der Waals surface area contributed by atoms with E-state index in [1.54, 1.807) is 13.8 Å². The van der Waals surface area contributed by atoms with Gasteiger partial charge in [0, 0.05) is 17.9 Å². The van der Waals surface area contributed by atoms with Gasteiger partial charge in [0.15, 0.2) is 0 Å². The SMILES string of the molecule is C=C1C(=O)O[C@H]2C/C(CO)=C\CC/C(COC(=O)C(C)C(C)O)=C\C[C@H]12. The second kappa shape index (κ2) is 9.14. The monoisotopic (exact) mass is 364 g/mol. The molecule has 0 amide bonds. The van der Waals surface area contributed by atoms with E-state index in [-0.39, 0.29) is 31.2 Å². The van der Waals surface area contributed by atoms with Gasteiger partial charge in [0.1, 0.15) is 12.7 Å². The molecule has 6 nitrogen and oxygen atoms in total. The van der Waals surface area contributed by atoms with Gasteiger partial charge in [0.25, 0.3) is 0 Å². The molecule has 2 rings (SSSR count). The first-order valence-corrected chi connectivity index (χ1v) is 9.04. The molecule has 1 aliphatic carbocycles. The Balaban J connectivity index is 2.10. The molecule has 6 heteroatoms. The number of fused-ring (bicyclic) bond motifs is 1. The zero-order valence-electron chi connectivity index (χ0n) is 15.4. The van der Waals surface area contributed by atoms with Crippen LogP contribution in [0.3, 0.4) is 0 Å². The molecule has 26 heavy (non-hydrogen) atoms. The standard InChI is InChI=1S/C20H28O6/c1-12(14(3)22)19(23)25-11-15-5-4-6-16(10-21)9-18-17(8-7-15)13(2)20(24)26-18/h6-7,12,14,17-18,21-22H,2,4-5,8-11H2,1,3H3/b15-7+,16-6+/t12?,14?,17-,18+/m1/s1. The Hall–Kier alpha value is -1.92. The van der Waals surface area contributed by atoms with Crippen LogP contribution in [0.2, 0.25) is 0 Å². The minimum Gasteiger partial charge on any atom is -0.461 e. The van der Waals surface area contributed by atoms with E-state index < -0.39 is 18.0 Å². The molecule has 1 aliphatic heterocycles. The molecule has 1 fully saturated rings. The molecule has 0 aromatic carbocycles. The maximum atomic E-state index is 11.9. The molecule has 2 aliphatic rings. The maximum Gasteiger partial charge on any atom is 0.334 e. The maximum absolute atomic E-state index is 11.9. The van der Waals surface area contributed by atoms with E-state index in [2.05, 4.69) is 6.58 Å². The minimum atomic E-state index is -0.763. The molecule has 1 heterocycles. The summed E-state index contributed by atoms with van der Waals surface area (Å²) in [6.45, 7) is 7.09. The van der Waals surface area contributed by atoms with Crippen LogP contribution in [0.1, 0.15) is 39.5 Å². The summed E-state index contributed by atoms with van der Waals surface area (Å²) in [6.07, 6.45) is 5.34. The number of rotatable bonds is 5. The van der Waals surface area contributed by atoms with E-state index in [1.807, 2.05) is 12.2 Å². The van der Waals surface area contributed by atoms with Crippen molar-refractivity contribution in [3.8, 4) is 0 Å². The van der Waals surface area contributed by atoms with E-state index in [9.17, 15) is 19.8 Å². The quantitative estimate of drug-likeness (QED) is 0.441. The largest absolute Gasteiger partial charge is 0.461 e. The number of carbonyl (C=O) groups is 2. The highest BCUT2D eigenvalue weighted by atomic mass is 16.6. The van der Waals surface area contributed by atoms with Gasteiger partial charge in [0.05, 0.1) is 18.6 Å². The van der Waals surface area contributed by atoms with Gasteiger partial charge in [-0.3, -0.25) is 4.79 Å². The lowest BCUT2D eigenvalue weighted by atomic mass is 9.87. The third-order valence-corrected chi connectivity index (χ3v) is 5.14. The molecule has 144 valence electrons. The van der Waals surface area contributed by atoms with Crippen molar-refractivity contribution in [2.45, 2.75) is 51.7 Å². The number of hydrogen-bond acceptors (Lipinski definition) is 6. The molecule has 4 atom stereocenters. The zero-order chi connectivity index (χ0) is 19.3. The topological polar surface area (TPSA) is 93.1 Å². The van der Waals surface area contributed by atoms with Crippen LogP contribution in [0.25, 0.3) is 0 Å². The van der Waals surface area contributed by atoms with Gasteiger partial charge in [-0.05, 0) is 44.3 Å². The second-order valence-corrected chi connectivity index (χ2v) is 7.07. The number of aliphatic hydroxyl groups is 2. The molecule has 2 unspecified atom stereocenters. The molecular weight excluding hydrogens is 336 g/mol. The highest BCUT2D eigenvalue weighted by Gasteiger charge is 2.38. The summed E-state index contributed by atoms with van der Waals surface area (Å²) < 4.78 is 10.7. The van der Waals surface area contributed by atoms with Crippen LogP contribution in [0.5, 0.6) is 0 Å². The van der Waals surface area contributed by atoms with Gasteiger partial charge in [-0.1, -0.05) is 18.7 Å². The molecular formula is C20H28O6. The van der Waals surface area contributed by atoms with Crippen LogP contribution in [-0.2, 0) is 19.1 Å². The van der Waals surface area contributed by atoms with Gasteiger partial charge in [-0.25, -0.2) is 4.79 Å². The van der Waals surface area contributed by atoms with Crippen LogP contribution >= 0.6 is 0 Å². The predicted molar refractivity (Wildman–Crippen MR) is 96.0 cm³/mol. The fraction of sp³-hybridized carbons (Fsp3) is 0.600. The lowest BCUT2D eigenvalue weighted by Crippen LogP contribution is -2.25. The van der Waals surface area contributed by atoms with Crippen molar-refractivity contribution in [2.24, 2.45) is 11.8 Å². The van der Waals surface area contributed by atoms with Crippen LogP contribution < -0.4 is 0 Å². The lowest BCUT2D eigenvalue weighted by molar-refractivity contribution is -0.150. The third-order valence-electron chi connectivity index (χ3n) is 5.14. The molecule has 0 aromatic heterocycles. The molecule has 0 saturated carbocycles. The van der Waals surface area contributed by atoms with Crippen molar-refractivity contribution in [1.82, 2.24) is 0 Å². The minimum absolute atomic E-state index is 0.0762. The smallest absolute Gasteiger partial charge is 0.334 e. The fourth-order valence-corrected chi connectivity index (χ4v) is 3.10. The first kappa shape index (κ1) is 20.4. The Morgan fingerprint density at radius 1 is 1.38 bits per heavy atom. The Kier molecular flexibility index (Phi) is 7.17. The van der Waals surface area contributed by atoms with Crippen molar-refractivity contribution in [3.63, 3.8) is 0 Å². The Morgan fingerprint density at radius 3 is 2.77 bits per heavy atom. The van der Waals surface area contributed by atoms with Crippen LogP contribution in [0, 0.1) is 11.8 Å². The molecule has 2 N–H and O–H groups in total. The predicted octanol–water partition coefficient (Wildman–Crippen LogP) is 2.06. The van der Waals surface area contributed by atoms with Crippen molar-refractivity contribution >= 4 is 11.9 Å². The number of aliphatic hydroxyl groups excluding tert-OH is 2. The van der Waals surface area contributed by atoms with Crippen molar-refractivity contribution in [1.29, 1.82) is 0 Å². The third kappa shape index (κ3) is 5.05. The van der Waals surface area contributed by atoms with Crippen LogP contribution in [0.15, 0.2) is 35.5 Å². The zero-order valence-corrected chi connectivity index (χ0v) is 15.4.